The van der Waals surface area contributed by atoms with Crippen LogP contribution in [0.3, 0.4) is 0 Å². The Morgan fingerprint density at radius 1 is 1.15 bits per heavy atom. The van der Waals surface area contributed by atoms with Gasteiger partial charge in [0.15, 0.2) is 0 Å². The number of aliphatic hydroxyl groups excluding tert-OH is 1. The second kappa shape index (κ2) is 9.78. The molecule has 2 rings (SSSR count). The van der Waals surface area contributed by atoms with Crippen molar-refractivity contribution in [3.8, 4) is 0 Å². The van der Waals surface area contributed by atoms with Gasteiger partial charge in [0.1, 0.15) is 0 Å². The van der Waals surface area contributed by atoms with Crippen LogP contribution < -0.4 is 10.6 Å². The smallest absolute Gasteiger partial charge is 0.307 e. The van der Waals surface area contributed by atoms with Crippen LogP contribution in [0.4, 0.5) is 5.69 Å². The Morgan fingerprint density at radius 2 is 1.92 bits per heavy atom. The van der Waals surface area contributed by atoms with Crippen LogP contribution in [0.15, 0.2) is 42.5 Å². The average molecular weight is 397 g/mol. The molecule has 0 bridgehead atoms. The molecule has 1 unspecified atom stereocenters. The first kappa shape index (κ1) is 20.5. The first-order valence-electron chi connectivity index (χ1n) is 8.26. The van der Waals surface area contributed by atoms with Crippen molar-refractivity contribution in [1.82, 2.24) is 5.32 Å². The summed E-state index contributed by atoms with van der Waals surface area (Å²) >= 11 is 12.0. The maximum atomic E-state index is 10.8. The molecule has 0 aliphatic rings. The summed E-state index contributed by atoms with van der Waals surface area (Å²) in [7, 11) is 0. The molecule has 5 nitrogen and oxygen atoms in total. The van der Waals surface area contributed by atoms with Gasteiger partial charge >= 0.3 is 5.97 Å². The van der Waals surface area contributed by atoms with Crippen LogP contribution in [0.5, 0.6) is 0 Å². The molecule has 0 aliphatic heterocycles. The van der Waals surface area contributed by atoms with E-state index in [1.54, 1.807) is 30.3 Å². The number of benzene rings is 2. The number of hydrogen-bond acceptors (Lipinski definition) is 4. The Balaban J connectivity index is 1.80. The fourth-order valence-corrected chi connectivity index (χ4v) is 2.90. The van der Waals surface area contributed by atoms with Crippen LogP contribution in [0, 0.1) is 0 Å². The molecule has 0 spiro atoms. The number of hydrogen-bond donors (Lipinski definition) is 4. The number of anilines is 1. The molecule has 0 fully saturated rings. The molecule has 2 atom stereocenters. The van der Waals surface area contributed by atoms with Crippen molar-refractivity contribution >= 4 is 34.9 Å². The summed E-state index contributed by atoms with van der Waals surface area (Å²) in [5, 5.41) is 26.6. The summed E-state index contributed by atoms with van der Waals surface area (Å²) in [5.74, 6) is -0.913. The van der Waals surface area contributed by atoms with Gasteiger partial charge in [-0.3, -0.25) is 4.79 Å². The number of nitrogens with one attached hydrogen (secondary N) is 2. The summed E-state index contributed by atoms with van der Waals surface area (Å²) in [6, 6.07) is 12.5. The lowest BCUT2D eigenvalue weighted by atomic mass is 10.1. The van der Waals surface area contributed by atoms with Gasteiger partial charge in [0.2, 0.25) is 0 Å². The first-order chi connectivity index (χ1) is 12.3. The monoisotopic (exact) mass is 396 g/mol. The summed E-state index contributed by atoms with van der Waals surface area (Å²) in [6.45, 7) is 3.02. The third-order valence-electron chi connectivity index (χ3n) is 3.90. The van der Waals surface area contributed by atoms with E-state index in [9.17, 15) is 9.90 Å². The van der Waals surface area contributed by atoms with E-state index in [0.29, 0.717) is 28.7 Å². The normalized spacial score (nSPS) is 13.2. The van der Waals surface area contributed by atoms with Gasteiger partial charge in [-0.15, -0.1) is 0 Å². The number of carboxylic acids is 1. The fourth-order valence-electron chi connectivity index (χ4n) is 2.45. The Kier molecular flexibility index (Phi) is 7.72. The molecule has 0 radical (unpaired) electrons. The second-order valence-electron chi connectivity index (χ2n) is 6.14. The molecule has 26 heavy (non-hydrogen) atoms. The third kappa shape index (κ3) is 6.50. The quantitative estimate of drug-likeness (QED) is 0.518. The van der Waals surface area contributed by atoms with Crippen molar-refractivity contribution in [2.45, 2.75) is 25.5 Å². The minimum Gasteiger partial charge on any atom is -0.481 e. The molecule has 140 valence electrons. The van der Waals surface area contributed by atoms with E-state index in [1.165, 1.54) is 0 Å². The number of aliphatic hydroxyl groups is 1. The molecule has 0 saturated carbocycles. The predicted octanol–water partition coefficient (Wildman–Crippen LogP) is 3.74. The van der Waals surface area contributed by atoms with E-state index in [1.807, 2.05) is 19.1 Å². The van der Waals surface area contributed by atoms with E-state index in [-0.39, 0.29) is 12.5 Å². The number of carbonyl (C=O) groups is 1. The standard InChI is InChI=1S/C19H22Cl2N2O3/c1-12(22-11-18(24)14-3-2-4-15(20)7-14)10-23-16-6-5-13(8-19(25)26)17(21)9-16/h2-7,9,12,18,22-24H,8,10-11H2,1H3,(H,25,26)/t12?,18-/m0/s1. The Labute approximate surface area is 162 Å². The molecule has 0 saturated heterocycles. The van der Waals surface area contributed by atoms with Crippen molar-refractivity contribution < 1.29 is 15.0 Å². The van der Waals surface area contributed by atoms with Crippen LogP contribution in [0.2, 0.25) is 10.0 Å². The highest BCUT2D eigenvalue weighted by molar-refractivity contribution is 6.31. The lowest BCUT2D eigenvalue weighted by Gasteiger charge is -2.19. The van der Waals surface area contributed by atoms with Crippen LogP contribution in [-0.2, 0) is 11.2 Å². The van der Waals surface area contributed by atoms with Gasteiger partial charge in [-0.1, -0.05) is 41.4 Å². The van der Waals surface area contributed by atoms with Gasteiger partial charge in [0.05, 0.1) is 12.5 Å². The van der Waals surface area contributed by atoms with Crippen LogP contribution in [-0.4, -0.2) is 35.3 Å². The van der Waals surface area contributed by atoms with Crippen molar-refractivity contribution in [2.24, 2.45) is 0 Å². The molecular weight excluding hydrogens is 375 g/mol. The van der Waals surface area contributed by atoms with Gasteiger partial charge in [-0.05, 0) is 42.3 Å². The molecule has 2 aromatic carbocycles. The fraction of sp³-hybridized carbons (Fsp3) is 0.316. The largest absolute Gasteiger partial charge is 0.481 e. The van der Waals surface area contributed by atoms with Crippen molar-refractivity contribution in [3.05, 3.63) is 63.6 Å². The van der Waals surface area contributed by atoms with Crippen LogP contribution in [0.1, 0.15) is 24.2 Å². The summed E-state index contributed by atoms with van der Waals surface area (Å²) < 4.78 is 0. The van der Waals surface area contributed by atoms with E-state index in [4.69, 9.17) is 28.3 Å². The topological polar surface area (TPSA) is 81.6 Å². The van der Waals surface area contributed by atoms with E-state index in [0.717, 1.165) is 11.3 Å². The third-order valence-corrected chi connectivity index (χ3v) is 4.49. The molecule has 0 amide bonds. The van der Waals surface area contributed by atoms with Gasteiger partial charge in [-0.2, -0.15) is 0 Å². The van der Waals surface area contributed by atoms with E-state index >= 15 is 0 Å². The van der Waals surface area contributed by atoms with Gasteiger partial charge in [0.25, 0.3) is 0 Å². The maximum Gasteiger partial charge on any atom is 0.307 e. The molecule has 0 aromatic heterocycles. The van der Waals surface area contributed by atoms with E-state index < -0.39 is 12.1 Å². The zero-order chi connectivity index (χ0) is 19.1. The van der Waals surface area contributed by atoms with Crippen molar-refractivity contribution in [2.75, 3.05) is 18.4 Å². The van der Waals surface area contributed by atoms with Gasteiger partial charge < -0.3 is 20.8 Å². The number of halogens is 2. The summed E-state index contributed by atoms with van der Waals surface area (Å²) in [4.78, 5) is 10.8. The van der Waals surface area contributed by atoms with E-state index in [2.05, 4.69) is 10.6 Å². The average Bonchev–Trinajstić information content (AvgIpc) is 2.59. The minimum atomic E-state index is -0.913. The van der Waals surface area contributed by atoms with Crippen LogP contribution >= 0.6 is 23.2 Å². The SMILES string of the molecule is CC(CNc1ccc(CC(=O)O)c(Cl)c1)NC[C@H](O)c1cccc(Cl)c1. The lowest BCUT2D eigenvalue weighted by molar-refractivity contribution is -0.136. The number of carboxylic acid groups (broad SMARTS) is 1. The Bertz CT molecular complexity index is 755. The second-order valence-corrected chi connectivity index (χ2v) is 6.98. The van der Waals surface area contributed by atoms with Crippen molar-refractivity contribution in [1.29, 1.82) is 0 Å². The molecular formula is C19H22Cl2N2O3. The first-order valence-corrected chi connectivity index (χ1v) is 9.01. The molecule has 2 aromatic rings. The zero-order valence-electron chi connectivity index (χ0n) is 14.4. The lowest BCUT2D eigenvalue weighted by Crippen LogP contribution is -2.35. The highest BCUT2D eigenvalue weighted by Crippen LogP contribution is 2.21. The van der Waals surface area contributed by atoms with Crippen molar-refractivity contribution in [3.63, 3.8) is 0 Å². The Morgan fingerprint density at radius 3 is 2.58 bits per heavy atom. The number of rotatable bonds is 9. The van der Waals surface area contributed by atoms with Gasteiger partial charge in [-0.25, -0.2) is 0 Å². The van der Waals surface area contributed by atoms with Crippen LogP contribution in [0.25, 0.3) is 0 Å². The zero-order valence-corrected chi connectivity index (χ0v) is 15.9. The molecule has 7 heteroatoms. The summed E-state index contributed by atoms with van der Waals surface area (Å²) in [5.41, 5.74) is 2.17. The number of aliphatic carboxylic acids is 1. The molecule has 4 N–H and O–H groups in total. The predicted molar refractivity (Wildman–Crippen MR) is 105 cm³/mol. The minimum absolute atomic E-state index is 0.0984. The molecule has 0 heterocycles. The highest BCUT2D eigenvalue weighted by atomic mass is 35.5. The Hall–Kier alpha value is -1.79. The maximum absolute atomic E-state index is 10.8. The highest BCUT2D eigenvalue weighted by Gasteiger charge is 2.11. The van der Waals surface area contributed by atoms with Gasteiger partial charge in [0, 0.05) is 34.9 Å². The summed E-state index contributed by atoms with van der Waals surface area (Å²) in [6.07, 6.45) is -0.737. The molecule has 0 aliphatic carbocycles.